The summed E-state index contributed by atoms with van der Waals surface area (Å²) in [6.45, 7) is 4.14. The number of methoxy groups -OCH3 is 1. The number of hydrogen-bond acceptors (Lipinski definition) is 3. The van der Waals surface area contributed by atoms with Gasteiger partial charge in [-0.15, -0.1) is 0 Å². The van der Waals surface area contributed by atoms with Crippen molar-refractivity contribution >= 4 is 0 Å². The average Bonchev–Trinajstić information content (AvgIpc) is 2.32. The van der Waals surface area contributed by atoms with Crippen molar-refractivity contribution in [3.05, 3.63) is 41.6 Å². The second-order valence-corrected chi connectivity index (χ2v) is 3.75. The van der Waals surface area contributed by atoms with Crippen LogP contribution in [-0.2, 0) is 0 Å². The van der Waals surface area contributed by atoms with E-state index in [1.54, 1.807) is 13.3 Å². The van der Waals surface area contributed by atoms with Crippen molar-refractivity contribution in [2.75, 3.05) is 7.11 Å². The molecule has 0 N–H and O–H groups in total. The molecule has 82 valence electrons. The Kier molecular flexibility index (Phi) is 2.86. The Labute approximate surface area is 95.1 Å². The molecule has 0 fully saturated rings. The summed E-state index contributed by atoms with van der Waals surface area (Å²) in [5, 5.41) is 0. The highest BCUT2D eigenvalue weighted by Crippen LogP contribution is 2.23. The van der Waals surface area contributed by atoms with Gasteiger partial charge in [0.15, 0.2) is 0 Å². The van der Waals surface area contributed by atoms with Gasteiger partial charge in [0, 0.05) is 11.8 Å². The lowest BCUT2D eigenvalue weighted by Crippen LogP contribution is -1.94. The van der Waals surface area contributed by atoms with E-state index in [0.29, 0.717) is 6.01 Å². The number of aryl methyl sites for hydroxylation is 2. The molecule has 3 heteroatoms. The molecule has 0 amide bonds. The third-order valence-corrected chi connectivity index (χ3v) is 2.49. The number of aromatic nitrogens is 2. The number of benzene rings is 1. The second kappa shape index (κ2) is 4.31. The van der Waals surface area contributed by atoms with Gasteiger partial charge in [0.2, 0.25) is 0 Å². The summed E-state index contributed by atoms with van der Waals surface area (Å²) in [5.41, 5.74) is 4.44. The molecule has 0 atom stereocenters. The van der Waals surface area contributed by atoms with Crippen molar-refractivity contribution in [2.24, 2.45) is 0 Å². The third kappa shape index (κ3) is 2.03. The van der Waals surface area contributed by atoms with E-state index in [4.69, 9.17) is 4.74 Å². The highest BCUT2D eigenvalue weighted by molar-refractivity contribution is 5.64. The molecule has 2 aromatic rings. The molecule has 0 unspecified atom stereocenters. The van der Waals surface area contributed by atoms with Crippen molar-refractivity contribution in [1.82, 2.24) is 9.97 Å². The molecule has 0 spiro atoms. The first-order chi connectivity index (χ1) is 7.70. The molecule has 0 bridgehead atoms. The maximum Gasteiger partial charge on any atom is 0.316 e. The number of nitrogens with zero attached hydrogens (tertiary/aromatic N) is 2. The Morgan fingerprint density at radius 3 is 2.69 bits per heavy atom. The predicted molar refractivity (Wildman–Crippen MR) is 63.5 cm³/mol. The molecule has 1 heterocycles. The Bertz CT molecular complexity index is 509. The minimum Gasteiger partial charge on any atom is -0.467 e. The molecule has 0 saturated carbocycles. The van der Waals surface area contributed by atoms with E-state index in [-0.39, 0.29) is 0 Å². The van der Waals surface area contributed by atoms with Crippen LogP contribution in [0.5, 0.6) is 6.01 Å². The standard InChI is InChI=1S/C13H14N2O/c1-9-4-5-10(2)11(8-9)12-6-7-14-13(15-12)16-3/h4-8H,1-3H3. The molecule has 0 saturated heterocycles. The Morgan fingerprint density at radius 1 is 1.12 bits per heavy atom. The largest absolute Gasteiger partial charge is 0.467 e. The van der Waals surface area contributed by atoms with E-state index < -0.39 is 0 Å². The monoisotopic (exact) mass is 214 g/mol. The Balaban J connectivity index is 2.53. The normalized spacial score (nSPS) is 10.2. The van der Waals surface area contributed by atoms with E-state index in [0.717, 1.165) is 11.3 Å². The molecule has 0 aliphatic rings. The van der Waals surface area contributed by atoms with Crippen LogP contribution < -0.4 is 4.74 Å². The Hall–Kier alpha value is -1.90. The van der Waals surface area contributed by atoms with Crippen LogP contribution in [0, 0.1) is 13.8 Å². The average molecular weight is 214 g/mol. The van der Waals surface area contributed by atoms with Gasteiger partial charge in [0.1, 0.15) is 0 Å². The molecular formula is C13H14N2O. The molecular weight excluding hydrogens is 200 g/mol. The van der Waals surface area contributed by atoms with Crippen molar-refractivity contribution in [3.63, 3.8) is 0 Å². The molecule has 2 rings (SSSR count). The molecule has 0 aliphatic heterocycles. The van der Waals surface area contributed by atoms with Gasteiger partial charge in [0.25, 0.3) is 0 Å². The minimum absolute atomic E-state index is 0.401. The fourth-order valence-corrected chi connectivity index (χ4v) is 1.60. The van der Waals surface area contributed by atoms with Crippen LogP contribution in [0.15, 0.2) is 30.5 Å². The van der Waals surface area contributed by atoms with E-state index >= 15 is 0 Å². The molecule has 1 aromatic carbocycles. The SMILES string of the molecule is COc1nccc(-c2cc(C)ccc2C)n1. The van der Waals surface area contributed by atoms with Gasteiger partial charge in [-0.2, -0.15) is 4.98 Å². The van der Waals surface area contributed by atoms with E-state index in [2.05, 4.69) is 42.0 Å². The summed E-state index contributed by atoms with van der Waals surface area (Å²) in [6.07, 6.45) is 1.71. The van der Waals surface area contributed by atoms with E-state index in [1.165, 1.54) is 11.1 Å². The first-order valence-electron chi connectivity index (χ1n) is 5.15. The van der Waals surface area contributed by atoms with Gasteiger partial charge in [-0.25, -0.2) is 4.98 Å². The second-order valence-electron chi connectivity index (χ2n) is 3.75. The van der Waals surface area contributed by atoms with Crippen molar-refractivity contribution in [1.29, 1.82) is 0 Å². The van der Waals surface area contributed by atoms with Crippen LogP contribution in [0.3, 0.4) is 0 Å². The zero-order chi connectivity index (χ0) is 11.5. The van der Waals surface area contributed by atoms with Crippen LogP contribution >= 0.6 is 0 Å². The summed E-state index contributed by atoms with van der Waals surface area (Å²) < 4.78 is 5.02. The zero-order valence-electron chi connectivity index (χ0n) is 9.69. The number of hydrogen-bond donors (Lipinski definition) is 0. The Morgan fingerprint density at radius 2 is 1.94 bits per heavy atom. The van der Waals surface area contributed by atoms with Crippen LogP contribution in [0.4, 0.5) is 0 Å². The third-order valence-electron chi connectivity index (χ3n) is 2.49. The zero-order valence-corrected chi connectivity index (χ0v) is 9.69. The summed E-state index contributed by atoms with van der Waals surface area (Å²) >= 11 is 0. The quantitative estimate of drug-likeness (QED) is 0.771. The topological polar surface area (TPSA) is 35.0 Å². The van der Waals surface area contributed by atoms with E-state index in [9.17, 15) is 0 Å². The maximum atomic E-state index is 5.02. The van der Waals surface area contributed by atoms with Crippen LogP contribution in [0.2, 0.25) is 0 Å². The summed E-state index contributed by atoms with van der Waals surface area (Å²) in [5.74, 6) is 0. The van der Waals surface area contributed by atoms with E-state index in [1.807, 2.05) is 6.07 Å². The predicted octanol–water partition coefficient (Wildman–Crippen LogP) is 2.77. The first kappa shape index (κ1) is 10.6. The molecule has 3 nitrogen and oxygen atoms in total. The lowest BCUT2D eigenvalue weighted by Gasteiger charge is -2.07. The first-order valence-corrected chi connectivity index (χ1v) is 5.15. The highest BCUT2D eigenvalue weighted by atomic mass is 16.5. The van der Waals surface area contributed by atoms with Crippen molar-refractivity contribution < 1.29 is 4.74 Å². The fourth-order valence-electron chi connectivity index (χ4n) is 1.60. The molecule has 16 heavy (non-hydrogen) atoms. The maximum absolute atomic E-state index is 5.02. The van der Waals surface area contributed by atoms with Gasteiger partial charge in [-0.1, -0.05) is 17.7 Å². The molecule has 0 aliphatic carbocycles. The van der Waals surface area contributed by atoms with Gasteiger partial charge >= 0.3 is 6.01 Å². The van der Waals surface area contributed by atoms with Crippen LogP contribution in [0.1, 0.15) is 11.1 Å². The summed E-state index contributed by atoms with van der Waals surface area (Å²) in [7, 11) is 1.57. The summed E-state index contributed by atoms with van der Waals surface area (Å²) in [6, 6.07) is 8.61. The number of rotatable bonds is 2. The van der Waals surface area contributed by atoms with Gasteiger partial charge in [-0.05, 0) is 31.5 Å². The number of ether oxygens (including phenoxy) is 1. The fraction of sp³-hybridized carbons (Fsp3) is 0.231. The molecule has 0 radical (unpaired) electrons. The lowest BCUT2D eigenvalue weighted by molar-refractivity contribution is 0.380. The van der Waals surface area contributed by atoms with Crippen molar-refractivity contribution in [2.45, 2.75) is 13.8 Å². The minimum atomic E-state index is 0.401. The smallest absolute Gasteiger partial charge is 0.316 e. The highest BCUT2D eigenvalue weighted by Gasteiger charge is 2.05. The van der Waals surface area contributed by atoms with Crippen LogP contribution in [-0.4, -0.2) is 17.1 Å². The van der Waals surface area contributed by atoms with Gasteiger partial charge in [0.05, 0.1) is 12.8 Å². The van der Waals surface area contributed by atoms with Crippen LogP contribution in [0.25, 0.3) is 11.3 Å². The summed E-state index contributed by atoms with van der Waals surface area (Å²) in [4.78, 5) is 8.33. The van der Waals surface area contributed by atoms with Gasteiger partial charge < -0.3 is 4.74 Å². The lowest BCUT2D eigenvalue weighted by atomic mass is 10.0. The molecule has 1 aromatic heterocycles. The van der Waals surface area contributed by atoms with Crippen molar-refractivity contribution in [3.8, 4) is 17.3 Å². The van der Waals surface area contributed by atoms with Gasteiger partial charge in [-0.3, -0.25) is 0 Å².